The highest BCUT2D eigenvalue weighted by Crippen LogP contribution is 2.41. The van der Waals surface area contributed by atoms with Gasteiger partial charge in [0.25, 0.3) is 5.91 Å². The second-order valence-electron chi connectivity index (χ2n) is 9.86. The summed E-state index contributed by atoms with van der Waals surface area (Å²) in [7, 11) is 1.38. The Labute approximate surface area is 186 Å². The van der Waals surface area contributed by atoms with Gasteiger partial charge < -0.3 is 19.4 Å². The number of anilines is 1. The summed E-state index contributed by atoms with van der Waals surface area (Å²) in [6.07, 6.45) is 6.82. The summed E-state index contributed by atoms with van der Waals surface area (Å²) in [6.45, 7) is 7.04. The van der Waals surface area contributed by atoms with Gasteiger partial charge >= 0.3 is 5.97 Å². The molecule has 1 aromatic carbocycles. The first-order valence-corrected chi connectivity index (χ1v) is 11.9. The van der Waals surface area contributed by atoms with E-state index in [9.17, 15) is 9.59 Å². The van der Waals surface area contributed by atoms with Gasteiger partial charge in [-0.25, -0.2) is 0 Å². The fourth-order valence-electron chi connectivity index (χ4n) is 5.94. The number of amides is 1. The van der Waals surface area contributed by atoms with Crippen LogP contribution in [0.15, 0.2) is 30.3 Å². The molecule has 1 spiro atoms. The number of likely N-dealkylation sites (tertiary alicyclic amines) is 1. The summed E-state index contributed by atoms with van der Waals surface area (Å²) in [6, 6.07) is 10.8. The van der Waals surface area contributed by atoms with E-state index in [4.69, 9.17) is 4.74 Å². The van der Waals surface area contributed by atoms with Crippen molar-refractivity contribution in [2.75, 3.05) is 38.3 Å². The average Bonchev–Trinajstić information content (AvgIpc) is 3.06. The smallest absolute Gasteiger partial charge is 0.325 e. The molecule has 4 rings (SSSR count). The first-order chi connectivity index (χ1) is 14.9. The van der Waals surface area contributed by atoms with E-state index in [0.29, 0.717) is 12.7 Å². The van der Waals surface area contributed by atoms with Crippen molar-refractivity contribution >= 4 is 17.6 Å². The van der Waals surface area contributed by atoms with Gasteiger partial charge in [-0.2, -0.15) is 0 Å². The summed E-state index contributed by atoms with van der Waals surface area (Å²) in [4.78, 5) is 32.0. The minimum Gasteiger partial charge on any atom is -0.468 e. The molecule has 3 fully saturated rings. The molecule has 2 aliphatic heterocycles. The van der Waals surface area contributed by atoms with Crippen LogP contribution in [-0.4, -0.2) is 66.7 Å². The van der Waals surface area contributed by atoms with Gasteiger partial charge in [0.2, 0.25) is 0 Å². The highest BCUT2D eigenvalue weighted by Gasteiger charge is 2.54. The molecule has 0 bridgehead atoms. The molecule has 3 aliphatic rings. The summed E-state index contributed by atoms with van der Waals surface area (Å²) < 4.78 is 4.84. The largest absolute Gasteiger partial charge is 0.468 e. The summed E-state index contributed by atoms with van der Waals surface area (Å²) >= 11 is 0. The van der Waals surface area contributed by atoms with Crippen LogP contribution in [0.4, 0.5) is 5.69 Å². The van der Waals surface area contributed by atoms with Crippen molar-refractivity contribution in [3.8, 4) is 0 Å². The molecule has 170 valence electrons. The molecule has 1 aliphatic carbocycles. The van der Waals surface area contributed by atoms with Crippen molar-refractivity contribution in [1.82, 2.24) is 9.80 Å². The second kappa shape index (κ2) is 9.19. The van der Waals surface area contributed by atoms with Gasteiger partial charge in [-0.05, 0) is 62.5 Å². The number of hydrogen-bond acceptors (Lipinski definition) is 5. The molecule has 0 N–H and O–H groups in total. The third kappa shape index (κ3) is 4.32. The highest BCUT2D eigenvalue weighted by atomic mass is 16.5. The number of para-hydroxylation sites is 1. The predicted molar refractivity (Wildman–Crippen MR) is 122 cm³/mol. The Morgan fingerprint density at radius 2 is 1.74 bits per heavy atom. The van der Waals surface area contributed by atoms with Crippen LogP contribution >= 0.6 is 0 Å². The Morgan fingerprint density at radius 1 is 1.10 bits per heavy atom. The van der Waals surface area contributed by atoms with E-state index in [-0.39, 0.29) is 18.4 Å². The monoisotopic (exact) mass is 427 g/mol. The number of esters is 1. The fraction of sp³-hybridized carbons (Fsp3) is 0.680. The molecule has 2 saturated heterocycles. The van der Waals surface area contributed by atoms with Crippen LogP contribution in [0.3, 0.4) is 0 Å². The van der Waals surface area contributed by atoms with E-state index in [0.717, 1.165) is 43.5 Å². The van der Waals surface area contributed by atoms with Crippen molar-refractivity contribution in [3.63, 3.8) is 0 Å². The zero-order chi connectivity index (χ0) is 22.0. The van der Waals surface area contributed by atoms with Crippen LogP contribution in [0.2, 0.25) is 0 Å². The third-order valence-corrected chi connectivity index (χ3v) is 7.96. The van der Waals surface area contributed by atoms with Crippen LogP contribution in [0.5, 0.6) is 0 Å². The SMILES string of the molecule is COC(=O)CN1CN(c2ccccc2)C2(CCN([C@H]3CC[C@H](C(C)C)CC3)CC2)C1=O. The van der Waals surface area contributed by atoms with Gasteiger partial charge in [-0.15, -0.1) is 0 Å². The fourth-order valence-corrected chi connectivity index (χ4v) is 5.94. The van der Waals surface area contributed by atoms with Crippen LogP contribution in [-0.2, 0) is 14.3 Å². The number of carbonyl (C=O) groups excluding carboxylic acids is 2. The molecule has 31 heavy (non-hydrogen) atoms. The summed E-state index contributed by atoms with van der Waals surface area (Å²) in [5, 5.41) is 0. The minimum atomic E-state index is -0.555. The van der Waals surface area contributed by atoms with Crippen molar-refractivity contribution in [2.24, 2.45) is 11.8 Å². The average molecular weight is 428 g/mol. The van der Waals surface area contributed by atoms with Crippen molar-refractivity contribution in [1.29, 1.82) is 0 Å². The number of piperidine rings is 1. The lowest BCUT2D eigenvalue weighted by atomic mass is 9.78. The number of methoxy groups -OCH3 is 1. The van der Waals surface area contributed by atoms with Gasteiger partial charge in [0.05, 0.1) is 13.8 Å². The number of hydrogen-bond donors (Lipinski definition) is 0. The van der Waals surface area contributed by atoms with E-state index in [1.165, 1.54) is 32.8 Å². The van der Waals surface area contributed by atoms with Gasteiger partial charge in [0, 0.05) is 24.8 Å². The standard InChI is InChI=1S/C25H37N3O3/c1-19(2)20-9-11-21(12-10-20)26-15-13-25(14-16-26)24(30)27(17-23(29)31-3)18-28(25)22-7-5-4-6-8-22/h4-8,19-21H,9-18H2,1-3H3/t20-,21-. The molecule has 6 nitrogen and oxygen atoms in total. The first kappa shape index (κ1) is 22.1. The molecule has 6 heteroatoms. The van der Waals surface area contributed by atoms with E-state index >= 15 is 0 Å². The van der Waals surface area contributed by atoms with E-state index in [1.807, 2.05) is 18.2 Å². The first-order valence-electron chi connectivity index (χ1n) is 11.9. The van der Waals surface area contributed by atoms with Crippen molar-refractivity contribution < 1.29 is 14.3 Å². The van der Waals surface area contributed by atoms with Gasteiger partial charge in [-0.3, -0.25) is 9.59 Å². The molecular formula is C25H37N3O3. The number of benzene rings is 1. The number of ether oxygens (including phenoxy) is 1. The topological polar surface area (TPSA) is 53.1 Å². The molecule has 0 aromatic heterocycles. The van der Waals surface area contributed by atoms with E-state index < -0.39 is 5.54 Å². The van der Waals surface area contributed by atoms with Crippen LogP contribution in [0.25, 0.3) is 0 Å². The van der Waals surface area contributed by atoms with Crippen LogP contribution < -0.4 is 4.90 Å². The lowest BCUT2D eigenvalue weighted by molar-refractivity contribution is -0.147. The number of rotatable bonds is 5. The molecule has 1 amide bonds. The Bertz CT molecular complexity index is 765. The van der Waals surface area contributed by atoms with E-state index in [2.05, 4.69) is 35.8 Å². The molecule has 2 heterocycles. The molecule has 0 unspecified atom stereocenters. The Kier molecular flexibility index (Phi) is 6.56. The lowest BCUT2D eigenvalue weighted by Crippen LogP contribution is -2.58. The molecule has 1 saturated carbocycles. The number of carbonyl (C=O) groups is 2. The molecular weight excluding hydrogens is 390 g/mol. The maximum Gasteiger partial charge on any atom is 0.325 e. The van der Waals surface area contributed by atoms with Gasteiger partial charge in [-0.1, -0.05) is 32.0 Å². The maximum absolute atomic E-state index is 13.6. The summed E-state index contributed by atoms with van der Waals surface area (Å²) in [5.41, 5.74) is 0.496. The van der Waals surface area contributed by atoms with Crippen molar-refractivity contribution in [3.05, 3.63) is 30.3 Å². The van der Waals surface area contributed by atoms with Crippen LogP contribution in [0.1, 0.15) is 52.4 Å². The Morgan fingerprint density at radius 3 is 2.32 bits per heavy atom. The van der Waals surface area contributed by atoms with E-state index in [1.54, 1.807) is 4.90 Å². The zero-order valence-electron chi connectivity index (χ0n) is 19.3. The predicted octanol–water partition coefficient (Wildman–Crippen LogP) is 3.52. The highest BCUT2D eigenvalue weighted by molar-refractivity contribution is 5.95. The van der Waals surface area contributed by atoms with Crippen molar-refractivity contribution in [2.45, 2.75) is 64.0 Å². The normalized spacial score (nSPS) is 26.6. The number of nitrogens with zero attached hydrogens (tertiary/aromatic N) is 3. The molecule has 0 radical (unpaired) electrons. The molecule has 0 atom stereocenters. The Hall–Kier alpha value is -2.08. The maximum atomic E-state index is 13.6. The van der Waals surface area contributed by atoms with Crippen LogP contribution in [0, 0.1) is 11.8 Å². The minimum absolute atomic E-state index is 0.0172. The quantitative estimate of drug-likeness (QED) is 0.673. The zero-order valence-corrected chi connectivity index (χ0v) is 19.3. The summed E-state index contributed by atoms with van der Waals surface area (Å²) in [5.74, 6) is 1.36. The van der Waals surface area contributed by atoms with Gasteiger partial charge in [0.15, 0.2) is 0 Å². The van der Waals surface area contributed by atoms with Gasteiger partial charge in [0.1, 0.15) is 12.1 Å². The third-order valence-electron chi connectivity index (χ3n) is 7.96. The Balaban J connectivity index is 1.48. The second-order valence-corrected chi connectivity index (χ2v) is 9.86. The molecule has 1 aromatic rings. The lowest BCUT2D eigenvalue weighted by Gasteiger charge is -2.47.